The number of aryl methyl sites for hydroxylation is 2. The summed E-state index contributed by atoms with van der Waals surface area (Å²) < 4.78 is 0. The van der Waals surface area contributed by atoms with Crippen LogP contribution in [0.3, 0.4) is 0 Å². The van der Waals surface area contributed by atoms with Gasteiger partial charge in [-0.05, 0) is 32.3 Å². The van der Waals surface area contributed by atoms with Crippen molar-refractivity contribution in [2.45, 2.75) is 39.3 Å². The molecule has 3 heteroatoms. The van der Waals surface area contributed by atoms with Gasteiger partial charge in [0.05, 0.1) is 0 Å². The third kappa shape index (κ3) is 2.62. The van der Waals surface area contributed by atoms with E-state index in [1.807, 2.05) is 6.20 Å². The Balaban J connectivity index is 1.78. The molecule has 1 aromatic carbocycles. The molecule has 1 N–H and O–H groups in total. The quantitative estimate of drug-likeness (QED) is 0.905. The maximum Gasteiger partial charge on any atom is 0.123 e. The van der Waals surface area contributed by atoms with Gasteiger partial charge in [-0.1, -0.05) is 23.8 Å². The van der Waals surface area contributed by atoms with Gasteiger partial charge >= 0.3 is 0 Å². The number of nitrogens with zero attached hydrogens (tertiary/aromatic N) is 1. The molecular formula is C15H18N2S. The van der Waals surface area contributed by atoms with Gasteiger partial charge in [-0.15, -0.1) is 11.3 Å². The highest BCUT2D eigenvalue weighted by atomic mass is 32.1. The van der Waals surface area contributed by atoms with E-state index in [-0.39, 0.29) is 0 Å². The molecule has 1 aliphatic rings. The molecule has 0 spiro atoms. The minimum absolute atomic E-state index is 0.761. The van der Waals surface area contributed by atoms with E-state index in [9.17, 15) is 0 Å². The molecule has 94 valence electrons. The fourth-order valence-corrected chi connectivity index (χ4v) is 3.05. The van der Waals surface area contributed by atoms with Gasteiger partial charge in [-0.2, -0.15) is 0 Å². The van der Waals surface area contributed by atoms with Gasteiger partial charge < -0.3 is 5.32 Å². The molecule has 3 rings (SSSR count). The minimum Gasteiger partial charge on any atom is -0.309 e. The molecule has 0 saturated heterocycles. The molecule has 18 heavy (non-hydrogen) atoms. The van der Waals surface area contributed by atoms with Crippen molar-refractivity contribution in [2.24, 2.45) is 0 Å². The van der Waals surface area contributed by atoms with E-state index < -0.39 is 0 Å². The van der Waals surface area contributed by atoms with Crippen LogP contribution in [0.5, 0.6) is 0 Å². The van der Waals surface area contributed by atoms with Crippen LogP contribution in [0.25, 0.3) is 10.6 Å². The van der Waals surface area contributed by atoms with Gasteiger partial charge in [0.15, 0.2) is 0 Å². The summed E-state index contributed by atoms with van der Waals surface area (Å²) in [5, 5.41) is 4.67. The Bertz CT molecular complexity index is 555. The Kier molecular flexibility index (Phi) is 3.18. The molecular weight excluding hydrogens is 240 g/mol. The van der Waals surface area contributed by atoms with Crippen LogP contribution in [0, 0.1) is 13.8 Å². The first-order valence-corrected chi connectivity index (χ1v) is 7.30. The maximum atomic E-state index is 4.55. The number of nitrogens with one attached hydrogen (secondary N) is 1. The topological polar surface area (TPSA) is 24.9 Å². The van der Waals surface area contributed by atoms with Crippen molar-refractivity contribution in [3.63, 3.8) is 0 Å². The molecule has 1 saturated carbocycles. The van der Waals surface area contributed by atoms with E-state index in [2.05, 4.69) is 42.3 Å². The van der Waals surface area contributed by atoms with Crippen molar-refractivity contribution in [3.8, 4) is 10.6 Å². The summed E-state index contributed by atoms with van der Waals surface area (Å²) in [5.74, 6) is 0. The van der Waals surface area contributed by atoms with Crippen LogP contribution in [0.2, 0.25) is 0 Å². The number of hydrogen-bond acceptors (Lipinski definition) is 3. The SMILES string of the molecule is Cc1ccc(-c2ncc(CNC3CC3)s2)c(C)c1. The normalized spacial score (nSPS) is 15.0. The van der Waals surface area contributed by atoms with E-state index in [0.717, 1.165) is 17.6 Å². The Hall–Kier alpha value is -1.19. The first-order chi connectivity index (χ1) is 8.72. The van der Waals surface area contributed by atoms with Crippen molar-refractivity contribution in [3.05, 3.63) is 40.4 Å². The molecule has 0 unspecified atom stereocenters. The van der Waals surface area contributed by atoms with Crippen molar-refractivity contribution in [2.75, 3.05) is 0 Å². The van der Waals surface area contributed by atoms with Gasteiger partial charge in [0.1, 0.15) is 5.01 Å². The summed E-state index contributed by atoms with van der Waals surface area (Å²) in [4.78, 5) is 5.88. The van der Waals surface area contributed by atoms with Crippen LogP contribution in [0.4, 0.5) is 0 Å². The predicted molar refractivity (Wildman–Crippen MR) is 76.9 cm³/mol. The number of benzene rings is 1. The molecule has 0 amide bonds. The van der Waals surface area contributed by atoms with E-state index in [0.29, 0.717) is 0 Å². The first-order valence-electron chi connectivity index (χ1n) is 6.48. The van der Waals surface area contributed by atoms with Crippen LogP contribution < -0.4 is 5.32 Å². The van der Waals surface area contributed by atoms with E-state index >= 15 is 0 Å². The molecule has 2 aromatic rings. The highest BCUT2D eigenvalue weighted by Crippen LogP contribution is 2.29. The summed E-state index contributed by atoms with van der Waals surface area (Å²) in [6.45, 7) is 5.25. The number of hydrogen-bond donors (Lipinski definition) is 1. The Labute approximate surface area is 112 Å². The zero-order chi connectivity index (χ0) is 12.5. The number of rotatable bonds is 4. The third-order valence-electron chi connectivity index (χ3n) is 3.31. The number of thiazole rings is 1. The lowest BCUT2D eigenvalue weighted by Crippen LogP contribution is -2.14. The molecule has 1 aliphatic carbocycles. The maximum absolute atomic E-state index is 4.55. The Morgan fingerprint density at radius 2 is 2.17 bits per heavy atom. The van der Waals surface area contributed by atoms with E-state index in [1.165, 1.54) is 34.4 Å². The van der Waals surface area contributed by atoms with Crippen molar-refractivity contribution in [1.82, 2.24) is 10.3 Å². The van der Waals surface area contributed by atoms with Crippen LogP contribution in [0.1, 0.15) is 28.8 Å². The van der Waals surface area contributed by atoms with Crippen LogP contribution in [0.15, 0.2) is 24.4 Å². The van der Waals surface area contributed by atoms with Gasteiger partial charge in [-0.25, -0.2) is 4.98 Å². The Morgan fingerprint density at radius 3 is 2.89 bits per heavy atom. The smallest absolute Gasteiger partial charge is 0.123 e. The molecule has 0 aliphatic heterocycles. The zero-order valence-electron chi connectivity index (χ0n) is 10.9. The second kappa shape index (κ2) is 4.82. The monoisotopic (exact) mass is 258 g/mol. The lowest BCUT2D eigenvalue weighted by Gasteiger charge is -2.03. The highest BCUT2D eigenvalue weighted by Gasteiger charge is 2.20. The van der Waals surface area contributed by atoms with Crippen molar-refractivity contribution in [1.29, 1.82) is 0 Å². The van der Waals surface area contributed by atoms with E-state index in [1.54, 1.807) is 11.3 Å². The average Bonchev–Trinajstić information content (AvgIpc) is 3.05. The van der Waals surface area contributed by atoms with Crippen molar-refractivity contribution >= 4 is 11.3 Å². The van der Waals surface area contributed by atoms with Gasteiger partial charge in [0.2, 0.25) is 0 Å². The average molecular weight is 258 g/mol. The lowest BCUT2D eigenvalue weighted by molar-refractivity contribution is 0.694. The van der Waals surface area contributed by atoms with Crippen LogP contribution in [-0.2, 0) is 6.54 Å². The van der Waals surface area contributed by atoms with Gasteiger partial charge in [0, 0.05) is 29.2 Å². The van der Waals surface area contributed by atoms with Crippen LogP contribution >= 0.6 is 11.3 Å². The molecule has 2 nitrogen and oxygen atoms in total. The Morgan fingerprint density at radius 1 is 1.33 bits per heavy atom. The van der Waals surface area contributed by atoms with Crippen molar-refractivity contribution < 1.29 is 0 Å². The largest absolute Gasteiger partial charge is 0.309 e. The minimum atomic E-state index is 0.761. The highest BCUT2D eigenvalue weighted by molar-refractivity contribution is 7.15. The molecule has 0 radical (unpaired) electrons. The summed E-state index contributed by atoms with van der Waals surface area (Å²) in [6.07, 6.45) is 4.68. The lowest BCUT2D eigenvalue weighted by atomic mass is 10.1. The molecule has 0 bridgehead atoms. The number of aromatic nitrogens is 1. The van der Waals surface area contributed by atoms with E-state index in [4.69, 9.17) is 0 Å². The van der Waals surface area contributed by atoms with Gasteiger partial charge in [-0.3, -0.25) is 0 Å². The second-order valence-corrected chi connectivity index (χ2v) is 6.22. The predicted octanol–water partition coefficient (Wildman–Crippen LogP) is 3.68. The molecule has 1 fully saturated rings. The fourth-order valence-electron chi connectivity index (χ4n) is 2.10. The first kappa shape index (κ1) is 11.9. The fraction of sp³-hybridized carbons (Fsp3) is 0.400. The van der Waals surface area contributed by atoms with Gasteiger partial charge in [0.25, 0.3) is 0 Å². The zero-order valence-corrected chi connectivity index (χ0v) is 11.7. The summed E-state index contributed by atoms with van der Waals surface area (Å²) in [6, 6.07) is 7.32. The molecule has 1 heterocycles. The van der Waals surface area contributed by atoms with Crippen LogP contribution in [-0.4, -0.2) is 11.0 Å². The summed E-state index contributed by atoms with van der Waals surface area (Å²) in [7, 11) is 0. The summed E-state index contributed by atoms with van der Waals surface area (Å²) >= 11 is 1.80. The molecule has 1 aromatic heterocycles. The third-order valence-corrected chi connectivity index (χ3v) is 4.34. The summed E-state index contributed by atoms with van der Waals surface area (Å²) in [5.41, 5.74) is 3.89. The molecule has 0 atom stereocenters. The second-order valence-electron chi connectivity index (χ2n) is 5.11. The standard InChI is InChI=1S/C15H18N2S/c1-10-3-6-14(11(2)7-10)15-17-9-13(18-15)8-16-12-4-5-12/h3,6-7,9,12,16H,4-5,8H2,1-2H3.